The molecule has 0 radical (unpaired) electrons. The van der Waals surface area contributed by atoms with Crippen LogP contribution < -0.4 is 14.4 Å². The molecule has 1 N–H and O–H groups in total. The third-order valence-corrected chi connectivity index (χ3v) is 4.35. The van der Waals surface area contributed by atoms with E-state index in [4.69, 9.17) is 9.47 Å². The molecule has 6 nitrogen and oxygen atoms in total. The third kappa shape index (κ3) is 4.20. The Labute approximate surface area is 153 Å². The van der Waals surface area contributed by atoms with Gasteiger partial charge in [-0.25, -0.2) is 0 Å². The summed E-state index contributed by atoms with van der Waals surface area (Å²) in [6.45, 7) is 5.26. The van der Waals surface area contributed by atoms with Gasteiger partial charge < -0.3 is 24.4 Å². The lowest BCUT2D eigenvalue weighted by atomic mass is 10.2. The van der Waals surface area contributed by atoms with Crippen LogP contribution in [0, 0.1) is 0 Å². The van der Waals surface area contributed by atoms with E-state index in [2.05, 4.69) is 4.90 Å². The number of hydrogen-bond acceptors (Lipinski definition) is 5. The maximum atomic E-state index is 12.4. The highest BCUT2D eigenvalue weighted by atomic mass is 16.5. The molecule has 1 aliphatic heterocycles. The van der Waals surface area contributed by atoms with E-state index in [0.29, 0.717) is 25.4 Å². The average molecular weight is 356 g/mol. The molecule has 0 atom stereocenters. The molecule has 1 amide bonds. The van der Waals surface area contributed by atoms with Crippen LogP contribution >= 0.6 is 0 Å². The van der Waals surface area contributed by atoms with E-state index in [-0.39, 0.29) is 18.3 Å². The Bertz CT molecular complexity index is 742. The SMILES string of the molecule is CCOc1ccccc1N1CCN(C(=O)COc2ccccc2O)CC1. The monoisotopic (exact) mass is 356 g/mol. The average Bonchev–Trinajstić information content (AvgIpc) is 2.68. The first-order valence-electron chi connectivity index (χ1n) is 8.84. The number of para-hydroxylation sites is 4. The number of amides is 1. The molecule has 0 aliphatic carbocycles. The fourth-order valence-electron chi connectivity index (χ4n) is 3.00. The van der Waals surface area contributed by atoms with Crippen molar-refractivity contribution in [2.75, 3.05) is 44.3 Å². The number of hydrogen-bond donors (Lipinski definition) is 1. The molecule has 3 rings (SSSR count). The van der Waals surface area contributed by atoms with E-state index in [1.54, 1.807) is 23.1 Å². The summed E-state index contributed by atoms with van der Waals surface area (Å²) in [5, 5.41) is 9.70. The van der Waals surface area contributed by atoms with Gasteiger partial charge in [0.1, 0.15) is 5.75 Å². The van der Waals surface area contributed by atoms with E-state index >= 15 is 0 Å². The fourth-order valence-corrected chi connectivity index (χ4v) is 3.00. The molecule has 1 fully saturated rings. The Hall–Kier alpha value is -2.89. The summed E-state index contributed by atoms with van der Waals surface area (Å²) in [5.41, 5.74) is 1.06. The molecule has 0 unspecified atom stereocenters. The number of benzene rings is 2. The second kappa shape index (κ2) is 8.47. The summed E-state index contributed by atoms with van der Waals surface area (Å²) >= 11 is 0. The van der Waals surface area contributed by atoms with Crippen LogP contribution in [0.25, 0.3) is 0 Å². The lowest BCUT2D eigenvalue weighted by molar-refractivity contribution is -0.133. The number of aromatic hydroxyl groups is 1. The number of carbonyl (C=O) groups is 1. The predicted molar refractivity (Wildman–Crippen MR) is 100 cm³/mol. The Balaban J connectivity index is 1.53. The summed E-state index contributed by atoms with van der Waals surface area (Å²) in [6.07, 6.45) is 0. The standard InChI is InChI=1S/C20H24N2O4/c1-2-25-18-9-5-3-7-16(18)21-11-13-22(14-12-21)20(24)15-26-19-10-6-4-8-17(19)23/h3-10,23H,2,11-15H2,1H3. The third-order valence-electron chi connectivity index (χ3n) is 4.35. The highest BCUT2D eigenvalue weighted by molar-refractivity contribution is 5.78. The Morgan fingerprint density at radius 3 is 2.31 bits per heavy atom. The quantitative estimate of drug-likeness (QED) is 0.862. The smallest absolute Gasteiger partial charge is 0.260 e. The minimum absolute atomic E-state index is 0.0395. The number of rotatable bonds is 6. The molecule has 2 aromatic rings. The summed E-state index contributed by atoms with van der Waals surface area (Å²) in [7, 11) is 0. The van der Waals surface area contributed by atoms with Gasteiger partial charge in [-0.1, -0.05) is 24.3 Å². The largest absolute Gasteiger partial charge is 0.504 e. The van der Waals surface area contributed by atoms with E-state index in [9.17, 15) is 9.90 Å². The van der Waals surface area contributed by atoms with Gasteiger partial charge in [0.05, 0.1) is 12.3 Å². The minimum atomic E-state index is -0.0778. The van der Waals surface area contributed by atoms with Gasteiger partial charge in [-0.05, 0) is 31.2 Å². The Kier molecular flexibility index (Phi) is 5.84. The second-order valence-electron chi connectivity index (χ2n) is 6.02. The highest BCUT2D eigenvalue weighted by Crippen LogP contribution is 2.29. The fraction of sp³-hybridized carbons (Fsp3) is 0.350. The minimum Gasteiger partial charge on any atom is -0.504 e. The number of nitrogens with zero attached hydrogens (tertiary/aromatic N) is 2. The van der Waals surface area contributed by atoms with Crippen molar-refractivity contribution in [3.8, 4) is 17.2 Å². The van der Waals surface area contributed by atoms with E-state index in [0.717, 1.165) is 24.5 Å². The van der Waals surface area contributed by atoms with Gasteiger partial charge in [0, 0.05) is 26.2 Å². The zero-order valence-electron chi connectivity index (χ0n) is 14.9. The first kappa shape index (κ1) is 17.9. The van der Waals surface area contributed by atoms with Crippen molar-refractivity contribution >= 4 is 11.6 Å². The normalized spacial score (nSPS) is 14.2. The molecule has 6 heteroatoms. The molecule has 1 saturated heterocycles. The van der Waals surface area contributed by atoms with Crippen molar-refractivity contribution in [3.63, 3.8) is 0 Å². The molecule has 0 bridgehead atoms. The van der Waals surface area contributed by atoms with Crippen molar-refractivity contribution in [2.45, 2.75) is 6.92 Å². The van der Waals surface area contributed by atoms with Crippen molar-refractivity contribution in [3.05, 3.63) is 48.5 Å². The van der Waals surface area contributed by atoms with Crippen molar-refractivity contribution in [1.29, 1.82) is 0 Å². The highest BCUT2D eigenvalue weighted by Gasteiger charge is 2.23. The number of piperazine rings is 1. The van der Waals surface area contributed by atoms with Gasteiger partial charge >= 0.3 is 0 Å². The van der Waals surface area contributed by atoms with Gasteiger partial charge in [0.2, 0.25) is 0 Å². The van der Waals surface area contributed by atoms with Crippen LogP contribution in [0.4, 0.5) is 5.69 Å². The number of ether oxygens (including phenoxy) is 2. The zero-order chi connectivity index (χ0) is 18.4. The molecule has 2 aromatic carbocycles. The van der Waals surface area contributed by atoms with Crippen LogP contribution in [-0.2, 0) is 4.79 Å². The van der Waals surface area contributed by atoms with Crippen molar-refractivity contribution in [2.24, 2.45) is 0 Å². The summed E-state index contributed by atoms with van der Waals surface area (Å²) in [5.74, 6) is 1.16. The molecule has 0 spiro atoms. The van der Waals surface area contributed by atoms with Gasteiger partial charge in [-0.15, -0.1) is 0 Å². The lowest BCUT2D eigenvalue weighted by Crippen LogP contribution is -2.50. The molecular weight excluding hydrogens is 332 g/mol. The maximum absolute atomic E-state index is 12.4. The first-order valence-corrected chi connectivity index (χ1v) is 8.84. The molecule has 1 aliphatic rings. The molecular formula is C20H24N2O4. The van der Waals surface area contributed by atoms with Crippen LogP contribution in [-0.4, -0.2) is 55.3 Å². The molecule has 138 valence electrons. The first-order chi connectivity index (χ1) is 12.7. The summed E-state index contributed by atoms with van der Waals surface area (Å²) in [6, 6.07) is 14.6. The number of anilines is 1. The van der Waals surface area contributed by atoms with Gasteiger partial charge in [-0.2, -0.15) is 0 Å². The summed E-state index contributed by atoms with van der Waals surface area (Å²) in [4.78, 5) is 16.4. The van der Waals surface area contributed by atoms with Crippen molar-refractivity contribution in [1.82, 2.24) is 4.90 Å². The summed E-state index contributed by atoms with van der Waals surface area (Å²) < 4.78 is 11.1. The van der Waals surface area contributed by atoms with E-state index in [1.165, 1.54) is 6.07 Å². The van der Waals surface area contributed by atoms with Gasteiger partial charge in [-0.3, -0.25) is 4.79 Å². The number of phenols is 1. The molecule has 0 saturated carbocycles. The van der Waals surface area contributed by atoms with Crippen LogP contribution in [0.5, 0.6) is 17.2 Å². The van der Waals surface area contributed by atoms with Gasteiger partial charge in [0.25, 0.3) is 5.91 Å². The van der Waals surface area contributed by atoms with E-state index < -0.39 is 0 Å². The van der Waals surface area contributed by atoms with Gasteiger partial charge in [0.15, 0.2) is 18.1 Å². The van der Waals surface area contributed by atoms with E-state index in [1.807, 2.05) is 31.2 Å². The Morgan fingerprint density at radius 2 is 1.62 bits per heavy atom. The van der Waals surface area contributed by atoms with Crippen molar-refractivity contribution < 1.29 is 19.4 Å². The van der Waals surface area contributed by atoms with Crippen LogP contribution in [0.3, 0.4) is 0 Å². The molecule has 26 heavy (non-hydrogen) atoms. The Morgan fingerprint density at radius 1 is 0.962 bits per heavy atom. The number of carbonyl (C=O) groups excluding carboxylic acids is 1. The topological polar surface area (TPSA) is 62.2 Å². The second-order valence-corrected chi connectivity index (χ2v) is 6.02. The maximum Gasteiger partial charge on any atom is 0.260 e. The predicted octanol–water partition coefficient (Wildman–Crippen LogP) is 2.52. The molecule has 1 heterocycles. The van der Waals surface area contributed by atoms with Crippen LogP contribution in [0.1, 0.15) is 6.92 Å². The molecule has 0 aromatic heterocycles. The van der Waals surface area contributed by atoms with Crippen LogP contribution in [0.2, 0.25) is 0 Å². The van der Waals surface area contributed by atoms with Crippen LogP contribution in [0.15, 0.2) is 48.5 Å². The zero-order valence-corrected chi connectivity index (χ0v) is 14.9. The lowest BCUT2D eigenvalue weighted by Gasteiger charge is -2.36. The number of phenolic OH excluding ortho intramolecular Hbond substituents is 1.